The van der Waals surface area contributed by atoms with Crippen molar-refractivity contribution < 1.29 is 0 Å². The molecule has 1 aliphatic rings. The molecule has 0 saturated heterocycles. The van der Waals surface area contributed by atoms with Crippen LogP contribution in [0.1, 0.15) is 22.3 Å². The van der Waals surface area contributed by atoms with Crippen molar-refractivity contribution in [3.63, 3.8) is 0 Å². The van der Waals surface area contributed by atoms with Crippen LogP contribution in [0.4, 0.5) is 0 Å². The van der Waals surface area contributed by atoms with E-state index in [0.717, 1.165) is 55.0 Å². The van der Waals surface area contributed by atoms with E-state index in [0.29, 0.717) is 0 Å². The monoisotopic (exact) mass is 814 g/mol. The lowest BCUT2D eigenvalue weighted by molar-refractivity contribution is 0.769. The molecule has 4 aromatic heterocycles. The van der Waals surface area contributed by atoms with Gasteiger partial charge in [-0.25, -0.2) is 9.97 Å². The number of hydrogen-bond donors (Lipinski definition) is 0. The molecule has 6 heteroatoms. The van der Waals surface area contributed by atoms with Crippen LogP contribution in [0.3, 0.4) is 0 Å². The number of aromatic nitrogens is 4. The average molecular weight is 815 g/mol. The molecule has 0 N–H and O–H groups in total. The molecule has 0 unspecified atom stereocenters. The lowest BCUT2D eigenvalue weighted by Gasteiger charge is -2.34. The van der Waals surface area contributed by atoms with Gasteiger partial charge in [-0.15, -0.1) is 22.7 Å². The van der Waals surface area contributed by atoms with Crippen molar-refractivity contribution in [2.24, 2.45) is 0 Å². The summed E-state index contributed by atoms with van der Waals surface area (Å²) in [4.78, 5) is 12.5. The van der Waals surface area contributed by atoms with Gasteiger partial charge in [0, 0.05) is 45.4 Å². The van der Waals surface area contributed by atoms with E-state index < -0.39 is 5.41 Å². The minimum atomic E-state index is -0.623. The first-order valence-electron chi connectivity index (χ1n) is 20.5. The van der Waals surface area contributed by atoms with Gasteiger partial charge < -0.3 is 0 Å². The third-order valence-corrected chi connectivity index (χ3v) is 14.2. The van der Waals surface area contributed by atoms with E-state index in [1.807, 2.05) is 0 Å². The molecule has 1 aliphatic carbocycles. The van der Waals surface area contributed by atoms with E-state index in [2.05, 4.69) is 214 Å². The molecule has 4 heterocycles. The molecular weight excluding hydrogens is 781 g/mol. The van der Waals surface area contributed by atoms with E-state index >= 15 is 0 Å². The minimum absolute atomic E-state index is 0.623. The molecule has 0 bridgehead atoms. The maximum Gasteiger partial charge on any atom is 0.194 e. The summed E-state index contributed by atoms with van der Waals surface area (Å²) in [6.45, 7) is 0. The van der Waals surface area contributed by atoms with Crippen LogP contribution in [0.2, 0.25) is 0 Å². The van der Waals surface area contributed by atoms with Crippen LogP contribution >= 0.6 is 22.7 Å². The molecule has 0 saturated carbocycles. The fourth-order valence-electron chi connectivity index (χ4n) is 9.98. The van der Waals surface area contributed by atoms with Gasteiger partial charge in [0.05, 0.1) is 28.2 Å². The Morgan fingerprint density at radius 2 is 0.787 bits per heavy atom. The van der Waals surface area contributed by atoms with Crippen LogP contribution in [0.15, 0.2) is 205 Å². The Hall–Kier alpha value is -7.38. The normalized spacial score (nSPS) is 13.0. The summed E-state index contributed by atoms with van der Waals surface area (Å²) in [6.07, 6.45) is 4.32. The average Bonchev–Trinajstić information content (AvgIpc) is 4.16. The maximum atomic E-state index is 5.30. The van der Waals surface area contributed by atoms with Gasteiger partial charge >= 0.3 is 0 Å². The summed E-state index contributed by atoms with van der Waals surface area (Å²) in [5.74, 6) is 0. The Morgan fingerprint density at radius 1 is 0.377 bits per heavy atom. The van der Waals surface area contributed by atoms with Gasteiger partial charge in [-0.2, -0.15) is 0 Å². The zero-order valence-corrected chi connectivity index (χ0v) is 34.4. The molecule has 0 fully saturated rings. The highest BCUT2D eigenvalue weighted by Gasteiger charge is 2.46. The van der Waals surface area contributed by atoms with Crippen molar-refractivity contribution in [3.8, 4) is 56.2 Å². The predicted molar refractivity (Wildman–Crippen MR) is 254 cm³/mol. The maximum absolute atomic E-state index is 5.30. The molecule has 0 radical (unpaired) electrons. The first-order valence-corrected chi connectivity index (χ1v) is 22.3. The van der Waals surface area contributed by atoms with Crippen molar-refractivity contribution in [3.05, 3.63) is 227 Å². The van der Waals surface area contributed by atoms with Crippen molar-refractivity contribution in [2.45, 2.75) is 5.41 Å². The van der Waals surface area contributed by atoms with Crippen LogP contribution in [-0.2, 0) is 5.41 Å². The number of thiazole rings is 2. The second kappa shape index (κ2) is 13.3. The van der Waals surface area contributed by atoms with Crippen molar-refractivity contribution in [1.29, 1.82) is 0 Å². The van der Waals surface area contributed by atoms with Gasteiger partial charge in [-0.3, -0.25) is 8.80 Å². The van der Waals surface area contributed by atoms with Gasteiger partial charge in [0.1, 0.15) is 0 Å². The molecule has 0 amide bonds. The quantitative estimate of drug-likeness (QED) is 0.168. The number of nitrogens with zero attached hydrogens (tertiary/aromatic N) is 4. The second-order valence-electron chi connectivity index (χ2n) is 15.9. The summed E-state index contributed by atoms with van der Waals surface area (Å²) < 4.78 is 4.54. The van der Waals surface area contributed by atoms with E-state index in [9.17, 15) is 0 Å². The molecule has 8 aromatic carbocycles. The van der Waals surface area contributed by atoms with Gasteiger partial charge in [-0.05, 0) is 79.2 Å². The van der Waals surface area contributed by atoms with E-state index in [-0.39, 0.29) is 0 Å². The van der Waals surface area contributed by atoms with E-state index in [1.165, 1.54) is 54.9 Å². The summed E-state index contributed by atoms with van der Waals surface area (Å²) in [7, 11) is 0. The van der Waals surface area contributed by atoms with E-state index in [4.69, 9.17) is 9.97 Å². The van der Waals surface area contributed by atoms with Gasteiger partial charge in [0.2, 0.25) is 0 Å². The fraction of sp³-hybridized carbons (Fsp3) is 0.0182. The molecule has 0 atom stereocenters. The molecule has 61 heavy (non-hydrogen) atoms. The standard InChI is InChI=1S/C55H34N4S2/c1-3-15-43(16-4-1)55(44-17-5-2-6-18-44)47-33-41(51-49(56-53-58(51)27-29-60-53)39-21-19-35-11-7-9-13-37(35)31-39)23-25-45(47)46-26-24-42(34-48(46)55)52-50(57-54-59(52)28-30-61-54)40-22-20-36-12-8-10-14-38(36)32-40/h1-34H. The molecule has 13 rings (SSSR count). The molecule has 286 valence electrons. The molecule has 4 nitrogen and oxygen atoms in total. The minimum Gasteiger partial charge on any atom is -0.290 e. The molecular formula is C55H34N4S2. The highest BCUT2D eigenvalue weighted by Crippen LogP contribution is 2.58. The van der Waals surface area contributed by atoms with Crippen LogP contribution in [-0.4, -0.2) is 18.8 Å². The summed E-state index contributed by atoms with van der Waals surface area (Å²) >= 11 is 3.34. The number of benzene rings is 8. The van der Waals surface area contributed by atoms with Crippen molar-refractivity contribution in [2.75, 3.05) is 0 Å². The highest BCUT2D eigenvalue weighted by molar-refractivity contribution is 7.15. The first kappa shape index (κ1) is 34.5. The van der Waals surface area contributed by atoms with Crippen LogP contribution in [0.25, 0.3) is 87.6 Å². The Labute approximate surface area is 360 Å². The van der Waals surface area contributed by atoms with Crippen LogP contribution in [0.5, 0.6) is 0 Å². The number of hydrogen-bond acceptors (Lipinski definition) is 4. The Bertz CT molecular complexity index is 3420. The van der Waals surface area contributed by atoms with Crippen LogP contribution < -0.4 is 0 Å². The second-order valence-corrected chi connectivity index (χ2v) is 17.6. The summed E-state index contributed by atoms with van der Waals surface area (Å²) in [6, 6.07) is 66.9. The fourth-order valence-corrected chi connectivity index (χ4v) is 11.4. The van der Waals surface area contributed by atoms with Crippen LogP contribution in [0, 0.1) is 0 Å². The lowest BCUT2D eigenvalue weighted by Crippen LogP contribution is -2.28. The SMILES string of the molecule is c1ccc(C2(c3ccccc3)c3cc(-c4c(-c5ccc6ccccc6c5)nc5sccn45)ccc3-c3ccc(-c4c(-c5ccc6ccccc6c5)nc5sccn45)cc32)cc1. The van der Waals surface area contributed by atoms with E-state index in [1.54, 1.807) is 22.7 Å². The number of imidazole rings is 2. The topological polar surface area (TPSA) is 34.6 Å². The third kappa shape index (κ3) is 5.10. The van der Waals surface area contributed by atoms with Gasteiger partial charge in [0.25, 0.3) is 0 Å². The molecule has 0 spiro atoms. The van der Waals surface area contributed by atoms with Gasteiger partial charge in [0.15, 0.2) is 9.92 Å². The number of fused-ring (bicyclic) bond motifs is 7. The first-order chi connectivity index (χ1) is 30.2. The Balaban J connectivity index is 1.07. The summed E-state index contributed by atoms with van der Waals surface area (Å²) in [5.41, 5.74) is 15.5. The number of rotatable bonds is 6. The zero-order chi connectivity index (χ0) is 40.1. The summed E-state index contributed by atoms with van der Waals surface area (Å²) in [5, 5.41) is 9.11. The lowest BCUT2D eigenvalue weighted by atomic mass is 9.67. The smallest absolute Gasteiger partial charge is 0.194 e. The Morgan fingerprint density at radius 3 is 1.25 bits per heavy atom. The molecule has 12 aromatic rings. The highest BCUT2D eigenvalue weighted by atomic mass is 32.1. The third-order valence-electron chi connectivity index (χ3n) is 12.7. The zero-order valence-electron chi connectivity index (χ0n) is 32.7. The Kier molecular flexibility index (Phi) is 7.53. The predicted octanol–water partition coefficient (Wildman–Crippen LogP) is 14.4. The van der Waals surface area contributed by atoms with Crippen molar-refractivity contribution >= 4 is 54.1 Å². The largest absolute Gasteiger partial charge is 0.290 e. The van der Waals surface area contributed by atoms with Crippen molar-refractivity contribution in [1.82, 2.24) is 18.8 Å². The molecule has 0 aliphatic heterocycles. The van der Waals surface area contributed by atoms with Gasteiger partial charge in [-0.1, -0.05) is 158 Å².